The lowest BCUT2D eigenvalue weighted by molar-refractivity contribution is -0.133. The minimum Gasteiger partial charge on any atom is -0.495 e. The summed E-state index contributed by atoms with van der Waals surface area (Å²) < 4.78 is 12.6. The SMILES string of the molecule is COc1ccc(C)cc1-n1c(SCC(=O)O)nnc1-c1ccco1. The number of carbonyl (C=O) groups is 1. The van der Waals surface area contributed by atoms with Gasteiger partial charge >= 0.3 is 5.97 Å². The van der Waals surface area contributed by atoms with Crippen LogP contribution in [-0.4, -0.2) is 38.7 Å². The van der Waals surface area contributed by atoms with Crippen LogP contribution in [0.1, 0.15) is 5.56 Å². The minimum atomic E-state index is -0.926. The first-order valence-electron chi connectivity index (χ1n) is 7.09. The van der Waals surface area contributed by atoms with Crippen LogP contribution in [0, 0.1) is 6.92 Å². The zero-order valence-corrected chi connectivity index (χ0v) is 13.9. The topological polar surface area (TPSA) is 90.4 Å². The number of aromatic nitrogens is 3. The third kappa shape index (κ3) is 3.13. The fourth-order valence-electron chi connectivity index (χ4n) is 2.25. The molecule has 24 heavy (non-hydrogen) atoms. The van der Waals surface area contributed by atoms with Gasteiger partial charge in [0.15, 0.2) is 10.9 Å². The predicted octanol–water partition coefficient (Wildman–Crippen LogP) is 3.02. The van der Waals surface area contributed by atoms with Crippen LogP contribution >= 0.6 is 11.8 Å². The molecule has 0 aliphatic rings. The van der Waals surface area contributed by atoms with Crippen LogP contribution in [0.25, 0.3) is 17.3 Å². The standard InChI is InChI=1S/C16H15N3O4S/c1-10-5-6-12(22-2)11(8-10)19-15(13-4-3-7-23-13)17-18-16(19)24-9-14(20)21/h3-8H,9H2,1-2H3,(H,20,21). The monoisotopic (exact) mass is 345 g/mol. The number of nitrogens with zero attached hydrogens (tertiary/aromatic N) is 3. The molecule has 0 saturated heterocycles. The van der Waals surface area contributed by atoms with Crippen LogP contribution in [0.2, 0.25) is 0 Å². The number of hydrogen-bond donors (Lipinski definition) is 1. The van der Waals surface area contributed by atoms with E-state index in [1.807, 2.05) is 25.1 Å². The Morgan fingerprint density at radius 3 is 2.88 bits per heavy atom. The molecule has 0 fully saturated rings. The maximum absolute atomic E-state index is 10.9. The third-order valence-corrected chi connectivity index (χ3v) is 4.19. The number of ether oxygens (including phenoxy) is 1. The van der Waals surface area contributed by atoms with Crippen molar-refractivity contribution in [2.75, 3.05) is 12.9 Å². The van der Waals surface area contributed by atoms with Crippen molar-refractivity contribution in [3.63, 3.8) is 0 Å². The lowest BCUT2D eigenvalue weighted by atomic mass is 10.2. The summed E-state index contributed by atoms with van der Waals surface area (Å²) in [7, 11) is 1.58. The van der Waals surface area contributed by atoms with Crippen molar-refractivity contribution in [1.82, 2.24) is 14.8 Å². The predicted molar refractivity (Wildman–Crippen MR) is 88.7 cm³/mol. The van der Waals surface area contributed by atoms with Crippen molar-refractivity contribution < 1.29 is 19.1 Å². The molecule has 0 radical (unpaired) electrons. The number of hydrogen-bond acceptors (Lipinski definition) is 6. The molecule has 0 bridgehead atoms. The highest BCUT2D eigenvalue weighted by molar-refractivity contribution is 7.99. The molecule has 0 amide bonds. The fraction of sp³-hybridized carbons (Fsp3) is 0.188. The third-order valence-electron chi connectivity index (χ3n) is 3.27. The van der Waals surface area contributed by atoms with Gasteiger partial charge in [-0.15, -0.1) is 10.2 Å². The van der Waals surface area contributed by atoms with Gasteiger partial charge in [0.05, 0.1) is 24.8 Å². The molecular weight excluding hydrogens is 330 g/mol. The number of carboxylic acid groups (broad SMARTS) is 1. The normalized spacial score (nSPS) is 10.8. The number of furan rings is 1. The van der Waals surface area contributed by atoms with Gasteiger partial charge in [0, 0.05) is 0 Å². The van der Waals surface area contributed by atoms with E-state index in [4.69, 9.17) is 14.3 Å². The quantitative estimate of drug-likeness (QED) is 0.687. The van der Waals surface area contributed by atoms with E-state index in [1.165, 1.54) is 0 Å². The van der Waals surface area contributed by atoms with Crippen LogP contribution in [-0.2, 0) is 4.79 Å². The van der Waals surface area contributed by atoms with Crippen molar-refractivity contribution in [2.24, 2.45) is 0 Å². The van der Waals surface area contributed by atoms with Crippen LogP contribution in [0.5, 0.6) is 5.75 Å². The lowest BCUT2D eigenvalue weighted by Gasteiger charge is -2.13. The molecule has 0 atom stereocenters. The van der Waals surface area contributed by atoms with Crippen molar-refractivity contribution in [3.8, 4) is 23.0 Å². The smallest absolute Gasteiger partial charge is 0.313 e. The summed E-state index contributed by atoms with van der Waals surface area (Å²) in [6, 6.07) is 9.24. The van der Waals surface area contributed by atoms with Crippen molar-refractivity contribution >= 4 is 17.7 Å². The van der Waals surface area contributed by atoms with Gasteiger partial charge in [0.25, 0.3) is 0 Å². The first-order valence-corrected chi connectivity index (χ1v) is 8.07. The molecule has 3 aromatic rings. The Morgan fingerprint density at radius 2 is 2.21 bits per heavy atom. The van der Waals surface area contributed by atoms with E-state index in [9.17, 15) is 4.79 Å². The fourth-order valence-corrected chi connectivity index (χ4v) is 2.91. The lowest BCUT2D eigenvalue weighted by Crippen LogP contribution is -2.05. The average Bonchev–Trinajstić information content (AvgIpc) is 3.21. The van der Waals surface area contributed by atoms with Gasteiger partial charge in [0.2, 0.25) is 5.82 Å². The van der Waals surface area contributed by atoms with Crippen LogP contribution in [0.15, 0.2) is 46.2 Å². The molecule has 2 aromatic heterocycles. The molecular formula is C16H15N3O4S. The summed E-state index contributed by atoms with van der Waals surface area (Å²) >= 11 is 1.09. The highest BCUT2D eigenvalue weighted by Gasteiger charge is 2.21. The second kappa shape index (κ2) is 6.79. The van der Waals surface area contributed by atoms with Crippen LogP contribution < -0.4 is 4.74 Å². The zero-order valence-electron chi connectivity index (χ0n) is 13.1. The van der Waals surface area contributed by atoms with E-state index in [1.54, 1.807) is 30.1 Å². The van der Waals surface area contributed by atoms with E-state index in [0.717, 1.165) is 23.0 Å². The number of benzene rings is 1. The number of methoxy groups -OCH3 is 1. The molecule has 7 nitrogen and oxygen atoms in total. The molecule has 0 saturated carbocycles. The summed E-state index contributed by atoms with van der Waals surface area (Å²) in [5.41, 5.74) is 1.75. The Bertz CT molecular complexity index is 858. The van der Waals surface area contributed by atoms with Crippen molar-refractivity contribution in [3.05, 3.63) is 42.2 Å². The number of aryl methyl sites for hydroxylation is 1. The molecule has 124 valence electrons. The Balaban J connectivity index is 2.18. The largest absolute Gasteiger partial charge is 0.495 e. The average molecular weight is 345 g/mol. The molecule has 1 N–H and O–H groups in total. The van der Waals surface area contributed by atoms with Gasteiger partial charge in [-0.1, -0.05) is 17.8 Å². The maximum atomic E-state index is 10.9. The molecule has 3 rings (SSSR count). The summed E-state index contributed by atoms with van der Waals surface area (Å²) in [5.74, 6) is 0.602. The van der Waals surface area contributed by atoms with Gasteiger partial charge in [-0.05, 0) is 36.8 Å². The first-order chi connectivity index (χ1) is 11.6. The van der Waals surface area contributed by atoms with Crippen LogP contribution in [0.3, 0.4) is 0 Å². The van der Waals surface area contributed by atoms with Crippen LogP contribution in [0.4, 0.5) is 0 Å². The van der Waals surface area contributed by atoms with E-state index in [2.05, 4.69) is 10.2 Å². The Hall–Kier alpha value is -2.74. The van der Waals surface area contributed by atoms with E-state index in [-0.39, 0.29) is 5.75 Å². The summed E-state index contributed by atoms with van der Waals surface area (Å²) in [6.07, 6.45) is 1.55. The molecule has 1 aromatic carbocycles. The summed E-state index contributed by atoms with van der Waals surface area (Å²) in [5, 5.41) is 17.7. The molecule has 0 spiro atoms. The van der Waals surface area contributed by atoms with E-state index in [0.29, 0.717) is 22.5 Å². The second-order valence-electron chi connectivity index (χ2n) is 4.98. The summed E-state index contributed by atoms with van der Waals surface area (Å²) in [6.45, 7) is 1.96. The highest BCUT2D eigenvalue weighted by Crippen LogP contribution is 2.33. The van der Waals surface area contributed by atoms with Crippen molar-refractivity contribution in [2.45, 2.75) is 12.1 Å². The maximum Gasteiger partial charge on any atom is 0.313 e. The minimum absolute atomic E-state index is 0.121. The molecule has 0 unspecified atom stereocenters. The van der Waals surface area contributed by atoms with Gasteiger partial charge in [-0.25, -0.2) is 0 Å². The van der Waals surface area contributed by atoms with Gasteiger partial charge in [0.1, 0.15) is 5.75 Å². The van der Waals surface area contributed by atoms with Gasteiger partial charge in [-0.2, -0.15) is 0 Å². The zero-order chi connectivity index (χ0) is 17.1. The molecule has 8 heteroatoms. The number of aliphatic carboxylic acids is 1. The second-order valence-corrected chi connectivity index (χ2v) is 5.92. The first kappa shape index (κ1) is 16.1. The Labute approximate surface area is 142 Å². The Morgan fingerprint density at radius 1 is 1.38 bits per heavy atom. The van der Waals surface area contributed by atoms with Gasteiger partial charge in [-0.3, -0.25) is 9.36 Å². The summed E-state index contributed by atoms with van der Waals surface area (Å²) in [4.78, 5) is 10.9. The number of carboxylic acids is 1. The number of rotatable bonds is 6. The molecule has 2 heterocycles. The van der Waals surface area contributed by atoms with E-state index >= 15 is 0 Å². The molecule has 0 aliphatic heterocycles. The van der Waals surface area contributed by atoms with Crippen molar-refractivity contribution in [1.29, 1.82) is 0 Å². The highest BCUT2D eigenvalue weighted by atomic mass is 32.2. The Kier molecular flexibility index (Phi) is 4.57. The van der Waals surface area contributed by atoms with Gasteiger partial charge < -0.3 is 14.3 Å². The number of thioether (sulfide) groups is 1. The molecule has 0 aliphatic carbocycles. The van der Waals surface area contributed by atoms with E-state index < -0.39 is 5.97 Å².